The van der Waals surface area contributed by atoms with Crippen LogP contribution in [-0.4, -0.2) is 0 Å². The van der Waals surface area contributed by atoms with E-state index in [2.05, 4.69) is 62.3 Å². The van der Waals surface area contributed by atoms with Gasteiger partial charge in [0.15, 0.2) is 0 Å². The smallest absolute Gasteiger partial charge is 0.0243 e. The third-order valence-electron chi connectivity index (χ3n) is 8.14. The van der Waals surface area contributed by atoms with E-state index in [1.54, 1.807) is 0 Å². The predicted molar refractivity (Wildman–Crippen MR) is 136 cm³/mol. The Morgan fingerprint density at radius 2 is 1.14 bits per heavy atom. The lowest BCUT2D eigenvalue weighted by Crippen LogP contribution is -2.42. The number of rotatable bonds is 19. The highest BCUT2D eigenvalue weighted by molar-refractivity contribution is 4.94. The van der Waals surface area contributed by atoms with Gasteiger partial charge in [-0.1, -0.05) is 127 Å². The summed E-state index contributed by atoms with van der Waals surface area (Å²) >= 11 is 0. The van der Waals surface area contributed by atoms with Gasteiger partial charge in [-0.15, -0.1) is 0 Å². The first-order chi connectivity index (χ1) is 13.8. The largest absolute Gasteiger partial charge is 0.0654 e. The number of unbranched alkanes of at least 4 members (excludes halogenated alkanes) is 6. The molecule has 0 nitrogen and oxygen atoms in total. The second kappa shape index (κ2) is 16.7. The first-order valence-electron chi connectivity index (χ1n) is 13.8. The molecular formula is C29H60. The van der Waals surface area contributed by atoms with Crippen LogP contribution in [0.3, 0.4) is 0 Å². The first kappa shape index (κ1) is 29.0. The monoisotopic (exact) mass is 408 g/mol. The van der Waals surface area contributed by atoms with E-state index in [1.165, 1.54) is 89.9 Å². The first-order valence-corrected chi connectivity index (χ1v) is 13.8. The molecule has 29 heavy (non-hydrogen) atoms. The van der Waals surface area contributed by atoms with Gasteiger partial charge in [0.05, 0.1) is 0 Å². The summed E-state index contributed by atoms with van der Waals surface area (Å²) in [6.45, 7) is 22.2. The Labute approximate surface area is 187 Å². The maximum atomic E-state index is 2.58. The van der Waals surface area contributed by atoms with Crippen molar-refractivity contribution in [1.82, 2.24) is 0 Å². The summed E-state index contributed by atoms with van der Waals surface area (Å²) in [5.41, 5.74) is 0.551. The van der Waals surface area contributed by atoms with Gasteiger partial charge < -0.3 is 0 Å². The fourth-order valence-electron chi connectivity index (χ4n) is 6.05. The highest BCUT2D eigenvalue weighted by atomic mass is 14.5. The van der Waals surface area contributed by atoms with Crippen LogP contribution in [0.1, 0.15) is 152 Å². The molecule has 0 aliphatic heterocycles. The van der Waals surface area contributed by atoms with Gasteiger partial charge in [0.1, 0.15) is 0 Å². The van der Waals surface area contributed by atoms with Crippen molar-refractivity contribution in [2.45, 2.75) is 152 Å². The van der Waals surface area contributed by atoms with Crippen LogP contribution < -0.4 is 0 Å². The Morgan fingerprint density at radius 3 is 1.59 bits per heavy atom. The van der Waals surface area contributed by atoms with Gasteiger partial charge in [0.25, 0.3) is 0 Å². The second-order valence-corrected chi connectivity index (χ2v) is 11.1. The quantitative estimate of drug-likeness (QED) is 0.186. The van der Waals surface area contributed by atoms with Crippen molar-refractivity contribution in [2.75, 3.05) is 0 Å². The van der Waals surface area contributed by atoms with E-state index in [4.69, 9.17) is 0 Å². The molecule has 176 valence electrons. The van der Waals surface area contributed by atoms with Crippen LogP contribution in [0.15, 0.2) is 0 Å². The van der Waals surface area contributed by atoms with Crippen LogP contribution in [0.4, 0.5) is 0 Å². The summed E-state index contributed by atoms with van der Waals surface area (Å²) in [7, 11) is 0. The zero-order chi connectivity index (χ0) is 22.3. The van der Waals surface area contributed by atoms with E-state index in [1.807, 2.05) is 0 Å². The topological polar surface area (TPSA) is 0 Å². The van der Waals surface area contributed by atoms with E-state index in [0.717, 1.165) is 29.6 Å². The molecule has 0 aromatic rings. The SMILES string of the molecule is CCCCCCC(CCCCC)(C(C)C)C(CC(C)C)C(CCCC)C(C)CC. The standard InChI is InChI=1S/C29H60/c1-10-14-17-19-22-29(25(7)8,21-18-15-11-2)28(23-24(5)6)27(20-16-12-3)26(9)13-4/h24-28H,10-23H2,1-9H3. The van der Waals surface area contributed by atoms with Gasteiger partial charge in [-0.3, -0.25) is 0 Å². The molecule has 0 aromatic heterocycles. The fraction of sp³-hybridized carbons (Fsp3) is 1.00. The number of hydrogen-bond donors (Lipinski definition) is 0. The van der Waals surface area contributed by atoms with Crippen LogP contribution in [0, 0.1) is 35.0 Å². The van der Waals surface area contributed by atoms with Gasteiger partial charge in [0, 0.05) is 0 Å². The van der Waals surface area contributed by atoms with Crippen molar-refractivity contribution in [1.29, 1.82) is 0 Å². The fourth-order valence-corrected chi connectivity index (χ4v) is 6.05. The molecule has 0 heteroatoms. The van der Waals surface area contributed by atoms with Gasteiger partial charge in [-0.25, -0.2) is 0 Å². The minimum Gasteiger partial charge on any atom is -0.0654 e. The summed E-state index contributed by atoms with van der Waals surface area (Å²) in [6, 6.07) is 0. The van der Waals surface area contributed by atoms with E-state index in [-0.39, 0.29) is 0 Å². The van der Waals surface area contributed by atoms with Gasteiger partial charge in [0.2, 0.25) is 0 Å². The van der Waals surface area contributed by atoms with Gasteiger partial charge >= 0.3 is 0 Å². The van der Waals surface area contributed by atoms with Crippen LogP contribution >= 0.6 is 0 Å². The molecule has 0 aliphatic rings. The molecule has 0 spiro atoms. The van der Waals surface area contributed by atoms with E-state index < -0.39 is 0 Å². The normalized spacial score (nSPS) is 17.5. The molecule has 0 radical (unpaired) electrons. The number of hydrogen-bond acceptors (Lipinski definition) is 0. The molecule has 0 amide bonds. The Balaban J connectivity index is 6.01. The van der Waals surface area contributed by atoms with Crippen molar-refractivity contribution in [3.05, 3.63) is 0 Å². The average molecular weight is 409 g/mol. The van der Waals surface area contributed by atoms with Gasteiger partial charge in [-0.05, 0) is 60.7 Å². The van der Waals surface area contributed by atoms with Crippen LogP contribution in [0.5, 0.6) is 0 Å². The van der Waals surface area contributed by atoms with Crippen LogP contribution in [-0.2, 0) is 0 Å². The lowest BCUT2D eigenvalue weighted by atomic mass is 9.54. The molecule has 4 unspecified atom stereocenters. The molecule has 0 saturated heterocycles. The molecule has 0 fully saturated rings. The zero-order valence-corrected chi connectivity index (χ0v) is 22.3. The lowest BCUT2D eigenvalue weighted by molar-refractivity contribution is -0.0135. The Morgan fingerprint density at radius 1 is 0.621 bits per heavy atom. The van der Waals surface area contributed by atoms with Crippen molar-refractivity contribution in [2.24, 2.45) is 35.0 Å². The third-order valence-corrected chi connectivity index (χ3v) is 8.14. The Bertz CT molecular complexity index is 355. The molecule has 0 bridgehead atoms. The highest BCUT2D eigenvalue weighted by Gasteiger charge is 2.44. The van der Waals surface area contributed by atoms with Crippen LogP contribution in [0.25, 0.3) is 0 Å². The minimum atomic E-state index is 0.551. The van der Waals surface area contributed by atoms with Crippen molar-refractivity contribution >= 4 is 0 Å². The van der Waals surface area contributed by atoms with E-state index in [9.17, 15) is 0 Å². The van der Waals surface area contributed by atoms with Crippen LogP contribution in [0.2, 0.25) is 0 Å². The second-order valence-electron chi connectivity index (χ2n) is 11.1. The molecule has 0 heterocycles. The maximum Gasteiger partial charge on any atom is -0.0243 e. The summed E-state index contributed by atoms with van der Waals surface area (Å²) < 4.78 is 0. The van der Waals surface area contributed by atoms with E-state index >= 15 is 0 Å². The summed E-state index contributed by atoms with van der Waals surface area (Å²) in [5, 5.41) is 0. The summed E-state index contributed by atoms with van der Waals surface area (Å²) in [6.07, 6.45) is 19.8. The summed E-state index contributed by atoms with van der Waals surface area (Å²) in [5.74, 6) is 4.30. The average Bonchev–Trinajstić information content (AvgIpc) is 2.68. The molecule has 0 aromatic carbocycles. The molecular weight excluding hydrogens is 348 g/mol. The highest BCUT2D eigenvalue weighted by Crippen LogP contribution is 2.53. The third kappa shape index (κ3) is 10.2. The van der Waals surface area contributed by atoms with Crippen molar-refractivity contribution < 1.29 is 0 Å². The Hall–Kier alpha value is 0. The molecule has 0 N–H and O–H groups in total. The van der Waals surface area contributed by atoms with E-state index in [0.29, 0.717) is 5.41 Å². The van der Waals surface area contributed by atoms with Crippen molar-refractivity contribution in [3.63, 3.8) is 0 Å². The molecule has 0 rings (SSSR count). The molecule has 0 aliphatic carbocycles. The zero-order valence-electron chi connectivity index (χ0n) is 22.3. The minimum absolute atomic E-state index is 0.551. The summed E-state index contributed by atoms with van der Waals surface area (Å²) in [4.78, 5) is 0. The maximum absolute atomic E-state index is 2.58. The Kier molecular flexibility index (Phi) is 16.7. The van der Waals surface area contributed by atoms with Crippen molar-refractivity contribution in [3.8, 4) is 0 Å². The van der Waals surface area contributed by atoms with Gasteiger partial charge in [-0.2, -0.15) is 0 Å². The lowest BCUT2D eigenvalue weighted by Gasteiger charge is -2.51. The molecule has 0 saturated carbocycles. The predicted octanol–water partition coefficient (Wildman–Crippen LogP) is 10.7. The molecule has 4 atom stereocenters.